The fraction of sp³-hybridized carbons (Fsp3) is 0.333. The zero-order valence-corrected chi connectivity index (χ0v) is 15.4. The number of H-pyrrole nitrogens is 1. The predicted octanol–water partition coefficient (Wildman–Crippen LogP) is 2.67. The largest absolute Gasteiger partial charge is 0.469 e. The van der Waals surface area contributed by atoms with Crippen LogP contribution in [0, 0.1) is 0 Å². The number of rotatable bonds is 2. The fourth-order valence-corrected chi connectivity index (χ4v) is 4.07. The molecule has 6 heteroatoms. The first-order valence-electron chi connectivity index (χ1n) is 9.03. The number of methoxy groups -OCH3 is 2. The summed E-state index contributed by atoms with van der Waals surface area (Å²) in [4.78, 5) is 30.1. The van der Waals surface area contributed by atoms with E-state index < -0.39 is 0 Å². The Labute approximate surface area is 157 Å². The number of benzene rings is 1. The molecule has 1 N–H and O–H groups in total. The third-order valence-electron chi connectivity index (χ3n) is 5.43. The van der Waals surface area contributed by atoms with Crippen LogP contribution in [0.5, 0.6) is 0 Å². The van der Waals surface area contributed by atoms with Gasteiger partial charge in [-0.05, 0) is 30.5 Å². The predicted molar refractivity (Wildman–Crippen MR) is 101 cm³/mol. The number of para-hydroxylation sites is 1. The van der Waals surface area contributed by atoms with Crippen LogP contribution in [0.1, 0.15) is 23.6 Å². The lowest BCUT2D eigenvalue weighted by atomic mass is 9.88. The number of nitrogens with one attached hydrogen (secondary N) is 1. The average Bonchev–Trinajstić information content (AvgIpc) is 3.05. The van der Waals surface area contributed by atoms with Crippen LogP contribution in [0.15, 0.2) is 48.2 Å². The highest BCUT2D eigenvalue weighted by Gasteiger charge is 2.34. The first-order chi connectivity index (χ1) is 13.1. The minimum absolute atomic E-state index is 0.0158. The van der Waals surface area contributed by atoms with Crippen molar-refractivity contribution in [1.29, 1.82) is 0 Å². The van der Waals surface area contributed by atoms with E-state index in [2.05, 4.69) is 16.0 Å². The van der Waals surface area contributed by atoms with Crippen LogP contribution in [0.4, 0.5) is 0 Å². The summed E-state index contributed by atoms with van der Waals surface area (Å²) in [5.41, 5.74) is 3.63. The SMILES string of the molecule is COC(=O)C1=CN2CCc3c([nH]c4ccccc34)C(C(=O)OC)C[C@@H]2C=C1. The molecule has 1 aromatic heterocycles. The van der Waals surface area contributed by atoms with Crippen molar-refractivity contribution in [3.63, 3.8) is 0 Å². The first kappa shape index (κ1) is 17.4. The van der Waals surface area contributed by atoms with E-state index in [0.717, 1.165) is 35.1 Å². The Morgan fingerprint density at radius 1 is 1.19 bits per heavy atom. The number of aromatic nitrogens is 1. The second kappa shape index (κ2) is 6.95. The van der Waals surface area contributed by atoms with Gasteiger partial charge in [0.25, 0.3) is 0 Å². The molecule has 0 spiro atoms. The van der Waals surface area contributed by atoms with E-state index in [4.69, 9.17) is 9.47 Å². The molecule has 3 heterocycles. The minimum atomic E-state index is -0.386. The van der Waals surface area contributed by atoms with Crippen LogP contribution in [-0.4, -0.2) is 48.6 Å². The molecule has 140 valence electrons. The molecule has 2 aromatic rings. The van der Waals surface area contributed by atoms with Gasteiger partial charge in [0, 0.05) is 35.4 Å². The van der Waals surface area contributed by atoms with Crippen molar-refractivity contribution in [1.82, 2.24) is 9.88 Å². The maximum Gasteiger partial charge on any atom is 0.339 e. The molecule has 6 nitrogen and oxygen atoms in total. The third kappa shape index (κ3) is 3.01. The van der Waals surface area contributed by atoms with Crippen molar-refractivity contribution in [2.45, 2.75) is 24.8 Å². The molecule has 4 rings (SSSR count). The van der Waals surface area contributed by atoms with Crippen molar-refractivity contribution >= 4 is 22.8 Å². The molecule has 0 saturated carbocycles. The van der Waals surface area contributed by atoms with E-state index in [0.29, 0.717) is 12.0 Å². The lowest BCUT2D eigenvalue weighted by molar-refractivity contribution is -0.143. The Morgan fingerprint density at radius 2 is 2.00 bits per heavy atom. The molecule has 1 aromatic carbocycles. The molecule has 0 amide bonds. The minimum Gasteiger partial charge on any atom is -0.469 e. The van der Waals surface area contributed by atoms with E-state index in [9.17, 15) is 9.59 Å². The molecule has 0 fully saturated rings. The van der Waals surface area contributed by atoms with Crippen LogP contribution >= 0.6 is 0 Å². The highest BCUT2D eigenvalue weighted by atomic mass is 16.5. The number of carbonyl (C=O) groups excluding carboxylic acids is 2. The highest BCUT2D eigenvalue weighted by Crippen LogP contribution is 2.36. The number of hydrogen-bond acceptors (Lipinski definition) is 5. The molecular formula is C21H22N2O4. The smallest absolute Gasteiger partial charge is 0.339 e. The Kier molecular flexibility index (Phi) is 4.48. The number of ether oxygens (including phenoxy) is 2. The van der Waals surface area contributed by atoms with E-state index in [1.807, 2.05) is 30.5 Å². The van der Waals surface area contributed by atoms with Gasteiger partial charge in [0.15, 0.2) is 0 Å². The lowest BCUT2D eigenvalue weighted by Gasteiger charge is -2.35. The summed E-state index contributed by atoms with van der Waals surface area (Å²) in [7, 11) is 2.80. The van der Waals surface area contributed by atoms with E-state index >= 15 is 0 Å². The van der Waals surface area contributed by atoms with Gasteiger partial charge in [0.1, 0.15) is 0 Å². The molecular weight excluding hydrogens is 344 g/mol. The molecule has 2 aliphatic heterocycles. The highest BCUT2D eigenvalue weighted by molar-refractivity contribution is 5.92. The van der Waals surface area contributed by atoms with E-state index in [1.54, 1.807) is 6.08 Å². The van der Waals surface area contributed by atoms with E-state index in [-0.39, 0.29) is 23.9 Å². The monoisotopic (exact) mass is 366 g/mol. The molecule has 0 aliphatic carbocycles. The normalized spacial score (nSPS) is 21.6. The topological polar surface area (TPSA) is 71.6 Å². The third-order valence-corrected chi connectivity index (χ3v) is 5.43. The Hall–Kier alpha value is -3.02. The number of carbonyl (C=O) groups is 2. The number of aromatic amines is 1. The summed E-state index contributed by atoms with van der Waals surface area (Å²) in [6, 6.07) is 8.10. The average molecular weight is 366 g/mol. The number of hydrogen-bond donors (Lipinski definition) is 1. The Balaban J connectivity index is 1.77. The molecule has 0 saturated heterocycles. The second-order valence-corrected chi connectivity index (χ2v) is 6.86. The number of nitrogens with zero attached hydrogens (tertiary/aromatic N) is 1. The van der Waals surface area contributed by atoms with Crippen LogP contribution in [0.2, 0.25) is 0 Å². The summed E-state index contributed by atoms with van der Waals surface area (Å²) in [6.45, 7) is 0.748. The van der Waals surface area contributed by atoms with Gasteiger partial charge >= 0.3 is 11.9 Å². The van der Waals surface area contributed by atoms with Crippen molar-refractivity contribution in [2.75, 3.05) is 20.8 Å². The Morgan fingerprint density at radius 3 is 2.78 bits per heavy atom. The number of fused-ring (bicyclic) bond motifs is 4. The zero-order valence-electron chi connectivity index (χ0n) is 15.4. The quantitative estimate of drug-likeness (QED) is 0.828. The van der Waals surface area contributed by atoms with Gasteiger partial charge < -0.3 is 19.4 Å². The standard InChI is InChI=1S/C21H22N2O4/c1-26-20(24)13-7-8-14-11-17(21(25)27-2)19-16(9-10-23(14)12-13)15-5-3-4-6-18(15)22-19/h3-8,12,14,17,22H,9-11H2,1-2H3/t14-,17?/m0/s1. The van der Waals surface area contributed by atoms with Crippen molar-refractivity contribution < 1.29 is 19.1 Å². The van der Waals surface area contributed by atoms with Crippen molar-refractivity contribution in [3.05, 3.63) is 59.4 Å². The molecule has 27 heavy (non-hydrogen) atoms. The van der Waals surface area contributed by atoms with Crippen molar-refractivity contribution in [2.24, 2.45) is 0 Å². The van der Waals surface area contributed by atoms with Gasteiger partial charge in [0.05, 0.1) is 25.7 Å². The summed E-state index contributed by atoms with van der Waals surface area (Å²) in [5.74, 6) is -0.993. The summed E-state index contributed by atoms with van der Waals surface area (Å²) >= 11 is 0. The summed E-state index contributed by atoms with van der Waals surface area (Å²) < 4.78 is 9.94. The van der Waals surface area contributed by atoms with Gasteiger partial charge in [0.2, 0.25) is 0 Å². The number of esters is 2. The van der Waals surface area contributed by atoms with Crippen LogP contribution in [0.25, 0.3) is 10.9 Å². The van der Waals surface area contributed by atoms with Crippen molar-refractivity contribution in [3.8, 4) is 0 Å². The first-order valence-corrected chi connectivity index (χ1v) is 9.03. The molecule has 0 bridgehead atoms. The summed E-state index contributed by atoms with van der Waals surface area (Å²) in [5, 5.41) is 1.13. The van der Waals surface area contributed by atoms with E-state index in [1.165, 1.54) is 14.2 Å². The molecule has 1 unspecified atom stereocenters. The van der Waals surface area contributed by atoms with Crippen LogP contribution in [-0.2, 0) is 25.5 Å². The van der Waals surface area contributed by atoms with Gasteiger partial charge in [-0.25, -0.2) is 4.79 Å². The van der Waals surface area contributed by atoms with Gasteiger partial charge in [-0.1, -0.05) is 24.3 Å². The van der Waals surface area contributed by atoms with Gasteiger partial charge in [-0.15, -0.1) is 0 Å². The summed E-state index contributed by atoms with van der Waals surface area (Å²) in [6.07, 6.45) is 6.92. The van der Waals surface area contributed by atoms with Gasteiger partial charge in [-0.3, -0.25) is 4.79 Å². The lowest BCUT2D eigenvalue weighted by Crippen LogP contribution is -2.38. The molecule has 0 radical (unpaired) electrons. The van der Waals surface area contributed by atoms with Crippen LogP contribution < -0.4 is 0 Å². The fourth-order valence-electron chi connectivity index (χ4n) is 4.07. The molecule has 2 aliphatic rings. The Bertz CT molecular complexity index is 956. The maximum absolute atomic E-state index is 12.6. The zero-order chi connectivity index (χ0) is 19.0. The van der Waals surface area contributed by atoms with Gasteiger partial charge in [-0.2, -0.15) is 0 Å². The van der Waals surface area contributed by atoms with Crippen LogP contribution in [0.3, 0.4) is 0 Å². The molecule has 2 atom stereocenters. The second-order valence-electron chi connectivity index (χ2n) is 6.86. The maximum atomic E-state index is 12.6.